The molecule has 20 heavy (non-hydrogen) atoms. The molecule has 104 valence electrons. The van der Waals surface area contributed by atoms with Gasteiger partial charge >= 0.3 is 0 Å². The van der Waals surface area contributed by atoms with Gasteiger partial charge in [0.1, 0.15) is 0 Å². The number of Topliss-reactive ketones (excluding diaryl/α,β-unsaturated/α-hetero) is 1. The van der Waals surface area contributed by atoms with Gasteiger partial charge in [-0.05, 0) is 25.1 Å². The summed E-state index contributed by atoms with van der Waals surface area (Å²) in [7, 11) is 0. The molecule has 0 spiro atoms. The summed E-state index contributed by atoms with van der Waals surface area (Å²) < 4.78 is 11.2. The van der Waals surface area contributed by atoms with Crippen LogP contribution < -0.4 is 9.47 Å². The Bertz CT molecular complexity index is 636. The number of benzene rings is 1. The molecule has 0 N–H and O–H groups in total. The zero-order chi connectivity index (χ0) is 13.9. The SMILES string of the molecule is Cc1nc(CC(=O)c2ccc3c(c2)OCCCO3)cs1. The quantitative estimate of drug-likeness (QED) is 0.815. The second kappa shape index (κ2) is 5.63. The summed E-state index contributed by atoms with van der Waals surface area (Å²) in [4.78, 5) is 16.6. The number of aryl methyl sites for hydroxylation is 1. The van der Waals surface area contributed by atoms with E-state index in [0.717, 1.165) is 17.1 Å². The minimum absolute atomic E-state index is 0.0472. The van der Waals surface area contributed by atoms with Crippen LogP contribution in [0.2, 0.25) is 0 Å². The summed E-state index contributed by atoms with van der Waals surface area (Å²) in [5.41, 5.74) is 1.46. The van der Waals surface area contributed by atoms with Gasteiger partial charge in [0.15, 0.2) is 17.3 Å². The summed E-state index contributed by atoms with van der Waals surface area (Å²) in [6.07, 6.45) is 1.18. The Balaban J connectivity index is 1.79. The van der Waals surface area contributed by atoms with Crippen molar-refractivity contribution in [1.82, 2.24) is 4.98 Å². The number of rotatable bonds is 3. The van der Waals surface area contributed by atoms with Crippen LogP contribution in [-0.2, 0) is 6.42 Å². The predicted molar refractivity (Wildman–Crippen MR) is 76.9 cm³/mol. The maximum Gasteiger partial charge on any atom is 0.168 e. The van der Waals surface area contributed by atoms with Crippen LogP contribution in [0, 0.1) is 6.92 Å². The van der Waals surface area contributed by atoms with Crippen molar-refractivity contribution < 1.29 is 14.3 Å². The van der Waals surface area contributed by atoms with Gasteiger partial charge in [-0.2, -0.15) is 0 Å². The van der Waals surface area contributed by atoms with Gasteiger partial charge in [0.05, 0.1) is 30.3 Å². The summed E-state index contributed by atoms with van der Waals surface area (Å²) >= 11 is 1.56. The lowest BCUT2D eigenvalue weighted by Gasteiger charge is -2.08. The molecule has 3 rings (SSSR count). The molecular formula is C15H15NO3S. The zero-order valence-corrected chi connectivity index (χ0v) is 12.0. The van der Waals surface area contributed by atoms with Crippen molar-refractivity contribution in [2.24, 2.45) is 0 Å². The van der Waals surface area contributed by atoms with Gasteiger partial charge in [-0.25, -0.2) is 4.98 Å². The summed E-state index contributed by atoms with van der Waals surface area (Å²) in [6.45, 7) is 3.21. The largest absolute Gasteiger partial charge is 0.490 e. The van der Waals surface area contributed by atoms with E-state index < -0.39 is 0 Å². The molecule has 0 amide bonds. The second-order valence-electron chi connectivity index (χ2n) is 4.67. The molecule has 0 radical (unpaired) electrons. The number of nitrogens with zero attached hydrogens (tertiary/aromatic N) is 1. The van der Waals surface area contributed by atoms with Crippen LogP contribution in [0.25, 0.3) is 0 Å². The number of ketones is 1. The molecule has 0 aliphatic carbocycles. The maximum atomic E-state index is 12.3. The first-order chi connectivity index (χ1) is 9.72. The first-order valence-electron chi connectivity index (χ1n) is 6.56. The van der Waals surface area contributed by atoms with E-state index in [4.69, 9.17) is 9.47 Å². The number of hydrogen-bond donors (Lipinski definition) is 0. The number of carbonyl (C=O) groups is 1. The highest BCUT2D eigenvalue weighted by Crippen LogP contribution is 2.30. The van der Waals surface area contributed by atoms with Crippen molar-refractivity contribution in [3.63, 3.8) is 0 Å². The molecule has 0 atom stereocenters. The molecule has 0 unspecified atom stereocenters. The Morgan fingerprint density at radius 2 is 2.10 bits per heavy atom. The number of fused-ring (bicyclic) bond motifs is 1. The van der Waals surface area contributed by atoms with Gasteiger partial charge in [-0.1, -0.05) is 0 Å². The standard InChI is InChI=1S/C15H15NO3S/c1-10-16-12(9-20-10)8-13(17)11-3-4-14-15(7-11)19-6-2-5-18-14/h3-4,7,9H,2,5-6,8H2,1H3. The number of carbonyl (C=O) groups excluding carboxylic acids is 1. The highest BCUT2D eigenvalue weighted by Gasteiger charge is 2.15. The molecule has 5 heteroatoms. The first-order valence-corrected chi connectivity index (χ1v) is 7.44. The lowest BCUT2D eigenvalue weighted by molar-refractivity contribution is 0.0991. The van der Waals surface area contributed by atoms with E-state index in [9.17, 15) is 4.79 Å². The van der Waals surface area contributed by atoms with Crippen LogP contribution in [0.4, 0.5) is 0 Å². The zero-order valence-electron chi connectivity index (χ0n) is 11.2. The predicted octanol–water partition coefficient (Wildman–Crippen LogP) is 3.04. The summed E-state index contributed by atoms with van der Waals surface area (Å²) in [5, 5.41) is 2.91. The van der Waals surface area contributed by atoms with Crippen LogP contribution >= 0.6 is 11.3 Å². The van der Waals surface area contributed by atoms with Crippen LogP contribution in [0.5, 0.6) is 11.5 Å². The van der Waals surface area contributed by atoms with E-state index >= 15 is 0 Å². The molecule has 1 aliphatic rings. The molecule has 1 aliphatic heterocycles. The molecular weight excluding hydrogens is 274 g/mol. The first kappa shape index (κ1) is 13.1. The van der Waals surface area contributed by atoms with E-state index in [1.807, 2.05) is 12.3 Å². The fraction of sp³-hybridized carbons (Fsp3) is 0.333. The lowest BCUT2D eigenvalue weighted by atomic mass is 10.1. The van der Waals surface area contributed by atoms with Crippen LogP contribution in [-0.4, -0.2) is 24.0 Å². The molecule has 0 saturated heterocycles. The van der Waals surface area contributed by atoms with Gasteiger partial charge in [0, 0.05) is 17.4 Å². The molecule has 0 fully saturated rings. The number of hydrogen-bond acceptors (Lipinski definition) is 5. The van der Waals surface area contributed by atoms with Crippen molar-refractivity contribution in [3.05, 3.63) is 39.8 Å². The Morgan fingerprint density at radius 3 is 2.85 bits per heavy atom. The van der Waals surface area contributed by atoms with Gasteiger partial charge < -0.3 is 9.47 Å². The van der Waals surface area contributed by atoms with E-state index in [1.165, 1.54) is 0 Å². The van der Waals surface area contributed by atoms with E-state index in [1.54, 1.807) is 29.5 Å². The third-order valence-corrected chi connectivity index (χ3v) is 3.90. The van der Waals surface area contributed by atoms with Crippen molar-refractivity contribution in [3.8, 4) is 11.5 Å². The summed E-state index contributed by atoms with van der Waals surface area (Å²) in [6, 6.07) is 5.36. The number of ether oxygens (including phenoxy) is 2. The van der Waals surface area contributed by atoms with E-state index in [-0.39, 0.29) is 5.78 Å². The highest BCUT2D eigenvalue weighted by atomic mass is 32.1. The minimum Gasteiger partial charge on any atom is -0.490 e. The number of aromatic nitrogens is 1. The Kier molecular flexibility index (Phi) is 3.69. The average Bonchev–Trinajstić information content (AvgIpc) is 2.72. The van der Waals surface area contributed by atoms with Gasteiger partial charge in [0.2, 0.25) is 0 Å². The third kappa shape index (κ3) is 2.82. The van der Waals surface area contributed by atoms with Crippen molar-refractivity contribution in [2.45, 2.75) is 19.8 Å². The van der Waals surface area contributed by atoms with Gasteiger partial charge in [-0.3, -0.25) is 4.79 Å². The van der Waals surface area contributed by atoms with E-state index in [2.05, 4.69) is 4.98 Å². The topological polar surface area (TPSA) is 48.4 Å². The summed E-state index contributed by atoms with van der Waals surface area (Å²) in [5.74, 6) is 1.41. The molecule has 0 bridgehead atoms. The van der Waals surface area contributed by atoms with E-state index in [0.29, 0.717) is 36.7 Å². The second-order valence-corrected chi connectivity index (χ2v) is 5.73. The Morgan fingerprint density at radius 1 is 1.30 bits per heavy atom. The third-order valence-electron chi connectivity index (χ3n) is 3.08. The monoisotopic (exact) mass is 289 g/mol. The fourth-order valence-electron chi connectivity index (χ4n) is 2.09. The normalized spacial score (nSPS) is 13.8. The van der Waals surface area contributed by atoms with Crippen LogP contribution in [0.15, 0.2) is 23.6 Å². The number of thiazole rings is 1. The molecule has 1 aromatic heterocycles. The molecule has 0 saturated carbocycles. The lowest BCUT2D eigenvalue weighted by Crippen LogP contribution is -2.04. The molecule has 1 aromatic carbocycles. The van der Waals surface area contributed by atoms with Gasteiger partial charge in [-0.15, -0.1) is 11.3 Å². The Hall–Kier alpha value is -1.88. The fourth-order valence-corrected chi connectivity index (χ4v) is 2.71. The highest BCUT2D eigenvalue weighted by molar-refractivity contribution is 7.09. The Labute approximate surface area is 121 Å². The van der Waals surface area contributed by atoms with Crippen molar-refractivity contribution in [1.29, 1.82) is 0 Å². The van der Waals surface area contributed by atoms with Crippen molar-refractivity contribution in [2.75, 3.05) is 13.2 Å². The molecule has 2 aromatic rings. The van der Waals surface area contributed by atoms with Gasteiger partial charge in [0.25, 0.3) is 0 Å². The maximum absolute atomic E-state index is 12.3. The van der Waals surface area contributed by atoms with Crippen LogP contribution in [0.1, 0.15) is 27.5 Å². The van der Waals surface area contributed by atoms with Crippen molar-refractivity contribution >= 4 is 17.1 Å². The molecule has 4 nitrogen and oxygen atoms in total. The smallest absolute Gasteiger partial charge is 0.168 e. The average molecular weight is 289 g/mol. The van der Waals surface area contributed by atoms with Crippen LogP contribution in [0.3, 0.4) is 0 Å². The molecule has 2 heterocycles. The minimum atomic E-state index is 0.0472.